The molecule has 0 heterocycles. The first kappa shape index (κ1) is 15.4. The van der Waals surface area contributed by atoms with Gasteiger partial charge in [0.05, 0.1) is 7.11 Å². The van der Waals surface area contributed by atoms with Crippen LogP contribution in [0.2, 0.25) is 0 Å². The molecule has 120 valence electrons. The Kier molecular flexibility index (Phi) is 3.83. The van der Waals surface area contributed by atoms with Crippen LogP contribution in [0.4, 0.5) is 0 Å². The van der Waals surface area contributed by atoms with E-state index in [1.807, 2.05) is 0 Å². The third kappa shape index (κ3) is 2.63. The molecule has 0 aliphatic rings. The molecule has 1 amide bonds. The van der Waals surface area contributed by atoms with Gasteiger partial charge in [0, 0.05) is 16.3 Å². The summed E-state index contributed by atoms with van der Waals surface area (Å²) in [5.74, 6) is -0.282. The van der Waals surface area contributed by atoms with Gasteiger partial charge in [-0.05, 0) is 36.4 Å². The number of hydrogen-bond donors (Lipinski definition) is 2. The molecular weight excluding hydrogens is 312 g/mol. The van der Waals surface area contributed by atoms with Crippen LogP contribution < -0.4 is 26.4 Å². The molecule has 0 aromatic heterocycles. The molecule has 0 spiro atoms. The second-order valence-corrected chi connectivity index (χ2v) is 5.02. The summed E-state index contributed by atoms with van der Waals surface area (Å²) >= 11 is 0. The molecule has 24 heavy (non-hydrogen) atoms. The zero-order chi connectivity index (χ0) is 17.3. The van der Waals surface area contributed by atoms with Gasteiger partial charge < -0.3 is 9.84 Å². The largest absolute Gasteiger partial charge is 0.508 e. The van der Waals surface area contributed by atoms with Crippen LogP contribution in [0.1, 0.15) is 10.4 Å². The van der Waals surface area contributed by atoms with Crippen LogP contribution in [0.3, 0.4) is 0 Å². The topological polar surface area (TPSA) is 105 Å². The Morgan fingerprint density at radius 3 is 2.54 bits per heavy atom. The fourth-order valence-corrected chi connectivity index (χ4v) is 2.31. The summed E-state index contributed by atoms with van der Waals surface area (Å²) in [6, 6.07) is 10.1. The Bertz CT molecular complexity index is 1090. The molecular formula is C17H12N2O5. The quantitative estimate of drug-likeness (QED) is 0.678. The van der Waals surface area contributed by atoms with E-state index in [1.54, 1.807) is 6.07 Å². The third-order valence-corrected chi connectivity index (χ3v) is 3.52. The van der Waals surface area contributed by atoms with Gasteiger partial charge in [0.15, 0.2) is 5.36 Å². The highest BCUT2D eigenvalue weighted by atomic mass is 16.5. The van der Waals surface area contributed by atoms with E-state index >= 15 is 0 Å². The number of methoxy groups -OCH3 is 1. The van der Waals surface area contributed by atoms with E-state index in [9.17, 15) is 19.5 Å². The highest BCUT2D eigenvalue weighted by Gasteiger charge is 2.12. The Balaban J connectivity index is 2.03. The molecule has 7 nitrogen and oxygen atoms in total. The van der Waals surface area contributed by atoms with E-state index in [2.05, 4.69) is 10.5 Å². The Morgan fingerprint density at radius 1 is 1.08 bits per heavy atom. The highest BCUT2D eigenvalue weighted by Crippen LogP contribution is 2.14. The second-order valence-electron chi connectivity index (χ2n) is 5.02. The van der Waals surface area contributed by atoms with Crippen LogP contribution in [0.5, 0.6) is 11.5 Å². The first-order valence-corrected chi connectivity index (χ1v) is 6.95. The van der Waals surface area contributed by atoms with Gasteiger partial charge in [0.2, 0.25) is 10.9 Å². The van der Waals surface area contributed by atoms with Crippen molar-refractivity contribution in [2.75, 3.05) is 7.11 Å². The zero-order valence-electron chi connectivity index (χ0n) is 12.6. The number of aromatic hydroxyl groups is 1. The molecule has 0 unspecified atom stereocenters. The predicted octanol–water partition coefficient (Wildman–Crippen LogP) is 0.396. The normalized spacial score (nSPS) is 11.6. The zero-order valence-corrected chi connectivity index (χ0v) is 12.6. The summed E-state index contributed by atoms with van der Waals surface area (Å²) in [5.41, 5.74) is 1.17. The average molecular weight is 324 g/mol. The van der Waals surface area contributed by atoms with Gasteiger partial charge in [-0.1, -0.05) is 6.07 Å². The first-order valence-electron chi connectivity index (χ1n) is 6.95. The van der Waals surface area contributed by atoms with Gasteiger partial charge in [-0.2, -0.15) is 5.10 Å². The van der Waals surface area contributed by atoms with Crippen molar-refractivity contribution < 1.29 is 14.6 Å². The monoisotopic (exact) mass is 324 g/mol. The van der Waals surface area contributed by atoms with Crippen molar-refractivity contribution in [2.45, 2.75) is 0 Å². The lowest BCUT2D eigenvalue weighted by atomic mass is 10.2. The minimum absolute atomic E-state index is 0.0807. The maximum absolute atomic E-state index is 12.3. The molecule has 0 radical (unpaired) electrons. The number of rotatable bonds is 3. The molecule has 0 aliphatic carbocycles. The van der Waals surface area contributed by atoms with Crippen LogP contribution in [-0.2, 0) is 0 Å². The lowest BCUT2D eigenvalue weighted by Gasteiger charge is -1.99. The highest BCUT2D eigenvalue weighted by molar-refractivity contribution is 5.94. The number of carbonyl (C=O) groups is 1. The van der Waals surface area contributed by atoms with Crippen LogP contribution in [0.25, 0.3) is 10.8 Å². The molecule has 3 aromatic rings. The molecule has 3 aromatic carbocycles. The van der Waals surface area contributed by atoms with Crippen molar-refractivity contribution in [1.29, 1.82) is 0 Å². The Morgan fingerprint density at radius 2 is 1.83 bits per heavy atom. The van der Waals surface area contributed by atoms with E-state index in [0.29, 0.717) is 5.75 Å². The number of nitrogens with zero attached hydrogens (tertiary/aromatic N) is 1. The van der Waals surface area contributed by atoms with Gasteiger partial charge in [0.1, 0.15) is 11.5 Å². The molecule has 7 heteroatoms. The molecule has 0 saturated heterocycles. The maximum Gasteiger partial charge on any atom is 0.271 e. The molecule has 0 fully saturated rings. The summed E-state index contributed by atoms with van der Waals surface area (Å²) in [7, 11) is 1.45. The Hall–Kier alpha value is -3.48. The van der Waals surface area contributed by atoms with Crippen LogP contribution >= 0.6 is 0 Å². The lowest BCUT2D eigenvalue weighted by Crippen LogP contribution is -2.35. The van der Waals surface area contributed by atoms with E-state index in [1.165, 1.54) is 43.5 Å². The number of carbonyl (C=O) groups excluding carboxylic acids is 1. The number of amides is 1. The minimum Gasteiger partial charge on any atom is -0.508 e. The molecule has 0 atom stereocenters. The summed E-state index contributed by atoms with van der Waals surface area (Å²) < 4.78 is 5.03. The van der Waals surface area contributed by atoms with E-state index in [4.69, 9.17) is 4.74 Å². The van der Waals surface area contributed by atoms with E-state index in [-0.39, 0.29) is 27.4 Å². The number of fused-ring (bicyclic) bond motifs is 1. The van der Waals surface area contributed by atoms with E-state index in [0.717, 1.165) is 0 Å². The molecule has 3 rings (SSSR count). The molecule has 2 N–H and O–H groups in total. The van der Waals surface area contributed by atoms with Crippen LogP contribution in [0, 0.1) is 0 Å². The van der Waals surface area contributed by atoms with Crippen molar-refractivity contribution in [3.63, 3.8) is 0 Å². The molecule has 0 saturated carbocycles. The van der Waals surface area contributed by atoms with Crippen molar-refractivity contribution >= 4 is 16.7 Å². The summed E-state index contributed by atoms with van der Waals surface area (Å²) in [6.07, 6.45) is 0. The van der Waals surface area contributed by atoms with Gasteiger partial charge in [-0.3, -0.25) is 14.4 Å². The lowest BCUT2D eigenvalue weighted by molar-refractivity contribution is 0.0952. The number of phenolic OH excluding ortho intramolecular Hbond substituents is 1. The average Bonchev–Trinajstić information content (AvgIpc) is 2.83. The fourth-order valence-electron chi connectivity index (χ4n) is 2.31. The van der Waals surface area contributed by atoms with Gasteiger partial charge in [0.25, 0.3) is 5.91 Å². The Labute approximate surface area is 135 Å². The SMILES string of the molecule is COc1ccc2c(=O)/c(=N/NC(=O)c3cccc(O)c3)c(=O)c2c1. The smallest absolute Gasteiger partial charge is 0.271 e. The minimum atomic E-state index is -0.646. The fraction of sp³-hybridized carbons (Fsp3) is 0.0588. The van der Waals surface area contributed by atoms with Crippen LogP contribution in [-0.4, -0.2) is 18.1 Å². The number of ether oxygens (including phenoxy) is 1. The number of phenols is 1. The summed E-state index contributed by atoms with van der Waals surface area (Å²) in [4.78, 5) is 36.5. The van der Waals surface area contributed by atoms with Crippen molar-refractivity contribution in [3.05, 3.63) is 73.8 Å². The number of hydrogen-bond acceptors (Lipinski definition) is 6. The summed E-state index contributed by atoms with van der Waals surface area (Å²) in [6.45, 7) is 0. The van der Waals surface area contributed by atoms with Crippen LogP contribution in [0.15, 0.2) is 57.2 Å². The second kappa shape index (κ2) is 5.96. The standard InChI is InChI=1S/C17H12N2O5/c1-24-11-5-6-12-13(8-11)16(22)14(15(12)21)18-19-17(23)9-3-2-4-10(20)7-9/h2-8,20H,1H3,(H,19,23)/b18-14-. The number of nitrogens with one attached hydrogen (secondary N) is 1. The maximum atomic E-state index is 12.3. The van der Waals surface area contributed by atoms with Gasteiger partial charge >= 0.3 is 0 Å². The van der Waals surface area contributed by atoms with Gasteiger partial charge in [-0.25, -0.2) is 5.43 Å². The molecule has 0 aliphatic heterocycles. The van der Waals surface area contributed by atoms with Gasteiger partial charge in [-0.15, -0.1) is 0 Å². The number of benzene rings is 2. The predicted molar refractivity (Wildman–Crippen MR) is 86.5 cm³/mol. The summed E-state index contributed by atoms with van der Waals surface area (Å²) in [5, 5.41) is 13.0. The van der Waals surface area contributed by atoms with Crippen molar-refractivity contribution in [2.24, 2.45) is 5.10 Å². The third-order valence-electron chi connectivity index (χ3n) is 3.52. The first-order chi connectivity index (χ1) is 11.5. The molecule has 0 bridgehead atoms. The van der Waals surface area contributed by atoms with Crippen molar-refractivity contribution in [1.82, 2.24) is 5.43 Å². The van der Waals surface area contributed by atoms with Crippen molar-refractivity contribution in [3.8, 4) is 11.5 Å². The van der Waals surface area contributed by atoms with E-state index < -0.39 is 16.8 Å².